The number of hydrogen-bond donors (Lipinski definition) is 1. The molecule has 3 aromatic rings. The monoisotopic (exact) mass is 441 g/mol. The number of aryl methyl sites for hydroxylation is 2. The summed E-state index contributed by atoms with van der Waals surface area (Å²) in [6.45, 7) is 0.695. The summed E-state index contributed by atoms with van der Waals surface area (Å²) in [5, 5.41) is 7.82. The van der Waals surface area contributed by atoms with Gasteiger partial charge in [-0.3, -0.25) is 19.3 Å². The van der Waals surface area contributed by atoms with Crippen molar-refractivity contribution in [3.63, 3.8) is 0 Å². The Morgan fingerprint density at radius 2 is 1.90 bits per heavy atom. The molecule has 154 valence electrons. The van der Waals surface area contributed by atoms with E-state index in [4.69, 9.17) is 11.6 Å². The van der Waals surface area contributed by atoms with Crippen molar-refractivity contribution >= 4 is 41.0 Å². The topological polar surface area (TPSA) is 80.1 Å². The average molecular weight is 442 g/mol. The van der Waals surface area contributed by atoms with Crippen molar-refractivity contribution in [3.8, 4) is 0 Å². The molecule has 2 aromatic heterocycles. The number of carbonyl (C=O) groups excluding carboxylic acids is 2. The molecule has 3 heterocycles. The normalized spacial score (nSPS) is 15.9. The Balaban J connectivity index is 1.36. The molecule has 0 radical (unpaired) electrons. The zero-order chi connectivity index (χ0) is 20.9. The number of pyridine rings is 1. The third-order valence-corrected chi connectivity index (χ3v) is 6.07. The van der Waals surface area contributed by atoms with E-state index in [0.717, 1.165) is 6.42 Å². The predicted molar refractivity (Wildman–Crippen MR) is 118 cm³/mol. The number of amides is 2. The molecule has 1 unspecified atom stereocenters. The molecule has 7 nitrogen and oxygen atoms in total. The molecule has 1 atom stereocenters. The first-order chi connectivity index (χ1) is 14.6. The second kappa shape index (κ2) is 9.32. The minimum Gasteiger partial charge on any atom is -0.317 e. The second-order valence-corrected chi connectivity index (χ2v) is 8.29. The molecule has 0 spiro atoms. The second-order valence-electron chi connectivity index (χ2n) is 6.86. The lowest BCUT2D eigenvalue weighted by atomic mass is 10.1. The standard InChI is InChI=1S/C21H20ClN5O2S/c22-17-3-1-16(2-4-17)21(29)27-14-30-13-18(27)20(28)24-19-8-12-26(25-19)11-7-15-5-9-23-10-6-15/h1-6,8-10,12,18H,7,11,13-14H2,(H,24,25,28). The zero-order valence-corrected chi connectivity index (χ0v) is 17.6. The molecule has 2 amide bonds. The SMILES string of the molecule is O=C(Nc1ccn(CCc2ccncc2)n1)C1CSCN1C(=O)c1ccc(Cl)cc1. The Hall–Kier alpha value is -2.84. The van der Waals surface area contributed by atoms with Crippen molar-refractivity contribution in [2.75, 3.05) is 16.9 Å². The van der Waals surface area contributed by atoms with Crippen molar-refractivity contribution in [2.45, 2.75) is 19.0 Å². The van der Waals surface area contributed by atoms with Gasteiger partial charge in [0.15, 0.2) is 5.82 Å². The maximum Gasteiger partial charge on any atom is 0.255 e. The summed E-state index contributed by atoms with van der Waals surface area (Å²) >= 11 is 7.45. The first-order valence-electron chi connectivity index (χ1n) is 9.47. The van der Waals surface area contributed by atoms with Crippen molar-refractivity contribution in [1.29, 1.82) is 0 Å². The summed E-state index contributed by atoms with van der Waals surface area (Å²) < 4.78 is 1.79. The molecule has 30 heavy (non-hydrogen) atoms. The Bertz CT molecular complexity index is 1030. The number of carbonyl (C=O) groups is 2. The van der Waals surface area contributed by atoms with Crippen molar-refractivity contribution in [3.05, 3.63) is 77.2 Å². The number of halogens is 1. The lowest BCUT2D eigenvalue weighted by Gasteiger charge is -2.22. The first kappa shape index (κ1) is 20.4. The van der Waals surface area contributed by atoms with Gasteiger partial charge in [-0.1, -0.05) is 11.6 Å². The molecule has 1 aromatic carbocycles. The van der Waals surface area contributed by atoms with Gasteiger partial charge in [-0.05, 0) is 48.4 Å². The zero-order valence-electron chi connectivity index (χ0n) is 16.1. The highest BCUT2D eigenvalue weighted by Gasteiger charge is 2.35. The Labute approximate surface area is 183 Å². The maximum absolute atomic E-state index is 12.8. The van der Waals surface area contributed by atoms with Gasteiger partial charge in [0, 0.05) is 47.5 Å². The fraction of sp³-hybridized carbons (Fsp3) is 0.238. The van der Waals surface area contributed by atoms with E-state index in [0.29, 0.717) is 34.6 Å². The summed E-state index contributed by atoms with van der Waals surface area (Å²) in [5.74, 6) is 1.08. The van der Waals surface area contributed by atoms with Crippen LogP contribution in [0.25, 0.3) is 0 Å². The summed E-state index contributed by atoms with van der Waals surface area (Å²) in [5.41, 5.74) is 1.69. The van der Waals surface area contributed by atoms with E-state index in [1.54, 1.807) is 64.1 Å². The van der Waals surface area contributed by atoms with E-state index >= 15 is 0 Å². The highest BCUT2D eigenvalue weighted by molar-refractivity contribution is 7.99. The third kappa shape index (κ3) is 4.83. The van der Waals surface area contributed by atoms with E-state index in [1.165, 1.54) is 5.56 Å². The van der Waals surface area contributed by atoms with Gasteiger partial charge in [0.25, 0.3) is 5.91 Å². The first-order valence-corrected chi connectivity index (χ1v) is 11.0. The molecule has 1 fully saturated rings. The molecular formula is C21H20ClN5O2S. The van der Waals surface area contributed by atoms with E-state index in [9.17, 15) is 9.59 Å². The van der Waals surface area contributed by atoms with Crippen molar-refractivity contribution in [1.82, 2.24) is 19.7 Å². The molecule has 0 bridgehead atoms. The lowest BCUT2D eigenvalue weighted by Crippen LogP contribution is -2.44. The third-order valence-electron chi connectivity index (χ3n) is 4.81. The lowest BCUT2D eigenvalue weighted by molar-refractivity contribution is -0.119. The summed E-state index contributed by atoms with van der Waals surface area (Å²) in [6, 6.07) is 11.8. The van der Waals surface area contributed by atoms with Gasteiger partial charge in [0.1, 0.15) is 6.04 Å². The molecule has 4 rings (SSSR count). The molecule has 9 heteroatoms. The number of benzene rings is 1. The number of thioether (sulfide) groups is 1. The van der Waals surface area contributed by atoms with Crippen LogP contribution in [0, 0.1) is 0 Å². The summed E-state index contributed by atoms with van der Waals surface area (Å²) in [7, 11) is 0. The van der Waals surface area contributed by atoms with Crippen LogP contribution in [0.2, 0.25) is 5.02 Å². The van der Waals surface area contributed by atoms with Gasteiger partial charge in [-0.25, -0.2) is 0 Å². The fourth-order valence-corrected chi connectivity index (χ4v) is 4.45. The number of anilines is 1. The van der Waals surface area contributed by atoms with Crippen LogP contribution in [0.3, 0.4) is 0 Å². The summed E-state index contributed by atoms with van der Waals surface area (Å²) in [6.07, 6.45) is 6.18. The number of aromatic nitrogens is 3. The van der Waals surface area contributed by atoms with Crippen LogP contribution < -0.4 is 5.32 Å². The molecular weight excluding hydrogens is 422 g/mol. The van der Waals surface area contributed by atoms with Crippen LogP contribution in [-0.4, -0.2) is 49.2 Å². The predicted octanol–water partition coefficient (Wildman–Crippen LogP) is 3.33. The molecule has 1 saturated heterocycles. The van der Waals surface area contributed by atoms with Crippen LogP contribution in [0.15, 0.2) is 61.1 Å². The highest BCUT2D eigenvalue weighted by Crippen LogP contribution is 2.24. The highest BCUT2D eigenvalue weighted by atomic mass is 35.5. The minimum absolute atomic E-state index is 0.181. The van der Waals surface area contributed by atoms with E-state index in [-0.39, 0.29) is 11.8 Å². The van der Waals surface area contributed by atoms with E-state index in [2.05, 4.69) is 15.4 Å². The van der Waals surface area contributed by atoms with Gasteiger partial charge in [0.2, 0.25) is 5.91 Å². The van der Waals surface area contributed by atoms with E-state index in [1.807, 2.05) is 18.3 Å². The fourth-order valence-electron chi connectivity index (χ4n) is 3.17. The van der Waals surface area contributed by atoms with Gasteiger partial charge >= 0.3 is 0 Å². The van der Waals surface area contributed by atoms with Crippen LogP contribution in [0.4, 0.5) is 5.82 Å². The van der Waals surface area contributed by atoms with Crippen LogP contribution in [0.1, 0.15) is 15.9 Å². The molecule has 0 saturated carbocycles. The Morgan fingerprint density at radius 1 is 1.13 bits per heavy atom. The van der Waals surface area contributed by atoms with Crippen molar-refractivity contribution < 1.29 is 9.59 Å². The van der Waals surface area contributed by atoms with Crippen LogP contribution in [0.5, 0.6) is 0 Å². The van der Waals surface area contributed by atoms with Crippen LogP contribution in [-0.2, 0) is 17.8 Å². The molecule has 1 N–H and O–H groups in total. The average Bonchev–Trinajstić information content (AvgIpc) is 3.43. The molecule has 1 aliphatic rings. The molecule has 0 aliphatic carbocycles. The van der Waals surface area contributed by atoms with Gasteiger partial charge in [0.05, 0.1) is 5.88 Å². The minimum atomic E-state index is -0.542. The smallest absolute Gasteiger partial charge is 0.255 e. The maximum atomic E-state index is 12.8. The number of nitrogens with one attached hydrogen (secondary N) is 1. The van der Waals surface area contributed by atoms with Crippen molar-refractivity contribution in [2.24, 2.45) is 0 Å². The molecule has 1 aliphatic heterocycles. The van der Waals surface area contributed by atoms with Crippen LogP contribution >= 0.6 is 23.4 Å². The Morgan fingerprint density at radius 3 is 2.67 bits per heavy atom. The van der Waals surface area contributed by atoms with E-state index < -0.39 is 6.04 Å². The number of rotatable bonds is 6. The van der Waals surface area contributed by atoms with Gasteiger partial charge < -0.3 is 10.2 Å². The largest absolute Gasteiger partial charge is 0.317 e. The number of nitrogens with zero attached hydrogens (tertiary/aromatic N) is 4. The summed E-state index contributed by atoms with van der Waals surface area (Å²) in [4.78, 5) is 31.2. The van der Waals surface area contributed by atoms with Gasteiger partial charge in [-0.2, -0.15) is 5.10 Å². The number of hydrogen-bond acceptors (Lipinski definition) is 5. The van der Waals surface area contributed by atoms with Gasteiger partial charge in [-0.15, -0.1) is 11.8 Å². The quantitative estimate of drug-likeness (QED) is 0.634. The Kier molecular flexibility index (Phi) is 6.35.